The van der Waals surface area contributed by atoms with Crippen LogP contribution in [0.2, 0.25) is 0 Å². The molecule has 1 fully saturated rings. The van der Waals surface area contributed by atoms with Gasteiger partial charge in [-0.2, -0.15) is 0 Å². The van der Waals surface area contributed by atoms with Gasteiger partial charge < -0.3 is 10.6 Å². The molecule has 2 aliphatic heterocycles. The normalized spacial score (nSPS) is 23.6. The average Bonchev–Trinajstić information content (AvgIpc) is 3.22. The smallest absolute Gasteiger partial charge is 0.241 e. The Morgan fingerprint density at radius 3 is 2.91 bits per heavy atom. The number of hydrogen-bond acceptors (Lipinski definition) is 6. The summed E-state index contributed by atoms with van der Waals surface area (Å²) in [5.74, 6) is 0.131. The van der Waals surface area contributed by atoms with Crippen molar-refractivity contribution in [3.8, 4) is 11.3 Å². The van der Waals surface area contributed by atoms with Crippen LogP contribution in [0.5, 0.6) is 0 Å². The third kappa shape index (κ3) is 4.51. The molecule has 5 heterocycles. The third-order valence-corrected chi connectivity index (χ3v) is 6.84. The molecule has 5 rings (SSSR count). The molecular formula is C24H28F3N7. The molecule has 0 spiro atoms. The van der Waals surface area contributed by atoms with Crippen LogP contribution >= 0.6 is 0 Å². The van der Waals surface area contributed by atoms with Crippen LogP contribution in [0.15, 0.2) is 35.6 Å². The highest BCUT2D eigenvalue weighted by molar-refractivity contribution is 5.89. The van der Waals surface area contributed by atoms with Crippen molar-refractivity contribution in [1.82, 2.24) is 24.9 Å². The number of aromatic nitrogens is 4. The summed E-state index contributed by atoms with van der Waals surface area (Å²) >= 11 is 0. The second-order valence-corrected chi connectivity index (χ2v) is 9.23. The molecule has 180 valence electrons. The van der Waals surface area contributed by atoms with Gasteiger partial charge in [0.25, 0.3) is 0 Å². The Hall–Kier alpha value is -3.01. The van der Waals surface area contributed by atoms with Crippen LogP contribution in [0.3, 0.4) is 0 Å². The summed E-state index contributed by atoms with van der Waals surface area (Å²) in [4.78, 5) is 13.9. The van der Waals surface area contributed by atoms with Gasteiger partial charge in [-0.3, -0.25) is 9.98 Å². The summed E-state index contributed by atoms with van der Waals surface area (Å²) in [6, 6.07) is 5.37. The van der Waals surface area contributed by atoms with E-state index in [4.69, 9.17) is 4.98 Å². The molecule has 2 N–H and O–H groups in total. The zero-order valence-corrected chi connectivity index (χ0v) is 19.2. The number of anilines is 1. The first-order valence-electron chi connectivity index (χ1n) is 11.7. The Kier molecular flexibility index (Phi) is 6.24. The summed E-state index contributed by atoms with van der Waals surface area (Å²) in [6.07, 6.45) is 1.14. The Bertz CT molecular complexity index is 1210. The number of piperidine rings is 1. The number of nitrogens with one attached hydrogen (secondary N) is 2. The maximum atomic E-state index is 14.2. The number of rotatable bonds is 6. The molecule has 0 unspecified atom stereocenters. The average molecular weight is 472 g/mol. The Balaban J connectivity index is 1.39. The lowest BCUT2D eigenvalue weighted by Gasteiger charge is -2.27. The molecule has 3 aromatic rings. The lowest BCUT2D eigenvalue weighted by Crippen LogP contribution is -2.46. The van der Waals surface area contributed by atoms with Crippen LogP contribution in [-0.2, 0) is 6.42 Å². The molecule has 3 aromatic heterocycles. The standard InChI is InChI=1S/C24H28F3N7/c1-13(9-23(26)27)16-10-20-19(30-14(16)2)4-3-18(31-20)15-6-8-34-22(15)12-29-24(33-34)32-21-11-28-7-5-17(21)25/h3-4,6,8,12-13,16-17,21,23,28H,5,7,9-11H2,1-2H3,(H,32,33)/t13-,16-,17-,21+/m1/s1. The minimum atomic E-state index is -2.33. The quantitative estimate of drug-likeness (QED) is 0.555. The fourth-order valence-corrected chi connectivity index (χ4v) is 4.90. The summed E-state index contributed by atoms with van der Waals surface area (Å²) in [5.41, 5.74) is 4.86. The second-order valence-electron chi connectivity index (χ2n) is 9.23. The van der Waals surface area contributed by atoms with E-state index in [0.29, 0.717) is 31.9 Å². The third-order valence-electron chi connectivity index (χ3n) is 6.84. The van der Waals surface area contributed by atoms with E-state index in [2.05, 4.69) is 25.7 Å². The molecule has 2 aliphatic rings. The second kappa shape index (κ2) is 9.32. The van der Waals surface area contributed by atoms with Crippen LogP contribution in [0.25, 0.3) is 16.8 Å². The molecular weight excluding hydrogens is 443 g/mol. The van der Waals surface area contributed by atoms with Crippen LogP contribution < -0.4 is 10.6 Å². The van der Waals surface area contributed by atoms with Gasteiger partial charge in [0.15, 0.2) is 0 Å². The predicted molar refractivity (Wildman–Crippen MR) is 126 cm³/mol. The van der Waals surface area contributed by atoms with Crippen LogP contribution in [-0.4, -0.2) is 57.0 Å². The fraction of sp³-hybridized carbons (Fsp3) is 0.500. The number of aliphatic imine (C=N–C) groups is 1. The highest BCUT2D eigenvalue weighted by atomic mass is 19.3. The van der Waals surface area contributed by atoms with E-state index in [-0.39, 0.29) is 24.3 Å². The minimum Gasteiger partial charge on any atom is -0.346 e. The van der Waals surface area contributed by atoms with Gasteiger partial charge in [0.2, 0.25) is 12.4 Å². The number of nitrogens with zero attached hydrogens (tertiary/aromatic N) is 5. The Morgan fingerprint density at radius 2 is 2.12 bits per heavy atom. The van der Waals surface area contributed by atoms with Crippen molar-refractivity contribution in [2.24, 2.45) is 16.8 Å². The van der Waals surface area contributed by atoms with Gasteiger partial charge in [0, 0.05) is 42.8 Å². The highest BCUT2D eigenvalue weighted by Gasteiger charge is 2.29. The number of pyridine rings is 1. The van der Waals surface area contributed by atoms with Crippen molar-refractivity contribution >= 4 is 22.9 Å². The van der Waals surface area contributed by atoms with E-state index in [9.17, 15) is 13.2 Å². The molecule has 0 saturated carbocycles. The molecule has 0 bridgehead atoms. The van der Waals surface area contributed by atoms with Crippen LogP contribution in [0, 0.1) is 11.8 Å². The maximum absolute atomic E-state index is 14.2. The van der Waals surface area contributed by atoms with E-state index in [0.717, 1.165) is 33.9 Å². The van der Waals surface area contributed by atoms with Gasteiger partial charge in [-0.05, 0) is 44.0 Å². The summed E-state index contributed by atoms with van der Waals surface area (Å²) in [7, 11) is 0. The molecule has 0 radical (unpaired) electrons. The van der Waals surface area contributed by atoms with E-state index in [1.165, 1.54) is 0 Å². The van der Waals surface area contributed by atoms with E-state index < -0.39 is 12.6 Å². The number of fused-ring (bicyclic) bond motifs is 2. The van der Waals surface area contributed by atoms with Gasteiger partial charge in [-0.1, -0.05) is 6.92 Å². The van der Waals surface area contributed by atoms with Crippen molar-refractivity contribution in [2.45, 2.75) is 51.7 Å². The predicted octanol–water partition coefficient (Wildman–Crippen LogP) is 4.46. The Morgan fingerprint density at radius 1 is 1.26 bits per heavy atom. The van der Waals surface area contributed by atoms with Crippen molar-refractivity contribution < 1.29 is 13.2 Å². The lowest BCUT2D eigenvalue weighted by atomic mass is 9.82. The van der Waals surface area contributed by atoms with Gasteiger partial charge >= 0.3 is 0 Å². The fourth-order valence-electron chi connectivity index (χ4n) is 4.90. The number of alkyl halides is 3. The van der Waals surface area contributed by atoms with Crippen molar-refractivity contribution in [1.29, 1.82) is 0 Å². The van der Waals surface area contributed by atoms with Crippen LogP contribution in [0.4, 0.5) is 24.8 Å². The highest BCUT2D eigenvalue weighted by Crippen LogP contribution is 2.35. The molecule has 4 atom stereocenters. The zero-order chi connectivity index (χ0) is 23.8. The van der Waals surface area contributed by atoms with E-state index in [1.807, 2.05) is 38.2 Å². The lowest BCUT2D eigenvalue weighted by molar-refractivity contribution is 0.110. The van der Waals surface area contributed by atoms with Crippen molar-refractivity contribution in [3.63, 3.8) is 0 Å². The molecule has 34 heavy (non-hydrogen) atoms. The first-order chi connectivity index (χ1) is 16.4. The minimum absolute atomic E-state index is 0.0550. The summed E-state index contributed by atoms with van der Waals surface area (Å²) in [6.45, 7) is 4.95. The monoisotopic (exact) mass is 471 g/mol. The molecule has 0 aliphatic carbocycles. The van der Waals surface area contributed by atoms with Gasteiger partial charge in [-0.25, -0.2) is 22.7 Å². The van der Waals surface area contributed by atoms with Gasteiger partial charge in [-0.15, -0.1) is 5.10 Å². The SMILES string of the molecule is CC1=Nc2ccc(-c3ccn4nc(N[C@H]5CNCC[C@H]5F)ncc34)nc2C[C@@H]1[C@H](C)CC(F)F. The molecule has 10 heteroatoms. The molecule has 7 nitrogen and oxygen atoms in total. The van der Waals surface area contributed by atoms with Crippen molar-refractivity contribution in [2.75, 3.05) is 18.4 Å². The topological polar surface area (TPSA) is 79.5 Å². The van der Waals surface area contributed by atoms with Crippen molar-refractivity contribution in [3.05, 3.63) is 36.3 Å². The molecule has 1 saturated heterocycles. The summed E-state index contributed by atoms with van der Waals surface area (Å²) < 4.78 is 41.7. The zero-order valence-electron chi connectivity index (χ0n) is 19.2. The maximum Gasteiger partial charge on any atom is 0.241 e. The molecule has 0 aromatic carbocycles. The van der Waals surface area contributed by atoms with Gasteiger partial charge in [0.1, 0.15) is 6.17 Å². The largest absolute Gasteiger partial charge is 0.346 e. The van der Waals surface area contributed by atoms with Gasteiger partial charge in [0.05, 0.1) is 34.8 Å². The Labute approximate surface area is 195 Å². The number of halogens is 3. The molecule has 0 amide bonds. The summed E-state index contributed by atoms with van der Waals surface area (Å²) in [5, 5.41) is 10.7. The number of hydrogen-bond donors (Lipinski definition) is 2. The van der Waals surface area contributed by atoms with E-state index >= 15 is 0 Å². The first-order valence-corrected chi connectivity index (χ1v) is 11.7. The van der Waals surface area contributed by atoms with E-state index in [1.54, 1.807) is 10.7 Å². The first kappa shape index (κ1) is 22.8. The van der Waals surface area contributed by atoms with Crippen LogP contribution in [0.1, 0.15) is 32.4 Å².